The second kappa shape index (κ2) is 6.39. The third-order valence-electron chi connectivity index (χ3n) is 3.48. The number of hydrogen-bond donors (Lipinski definition) is 1. The fourth-order valence-electron chi connectivity index (χ4n) is 2.48. The van der Waals surface area contributed by atoms with Gasteiger partial charge in [0.2, 0.25) is 0 Å². The van der Waals surface area contributed by atoms with Crippen molar-refractivity contribution in [1.29, 1.82) is 0 Å². The molecule has 0 aromatic heterocycles. The molecule has 0 spiro atoms. The van der Waals surface area contributed by atoms with Crippen LogP contribution in [0, 0.1) is 5.92 Å². The van der Waals surface area contributed by atoms with E-state index in [4.69, 9.17) is 0 Å². The standard InChI is InChI=1S/C14H19F3N2/c15-14(16,17)19-8-4-7-13(11-19)10-18-9-12-5-2-1-3-6-12/h1-3,5-6,13,18H,4,7-11H2/t13-/m1/s1. The molecule has 1 aromatic carbocycles. The Bertz CT molecular complexity index is 378. The molecular formula is C14H19F3N2. The second-order valence-electron chi connectivity index (χ2n) is 5.04. The molecule has 0 saturated carbocycles. The van der Waals surface area contributed by atoms with Gasteiger partial charge in [0.1, 0.15) is 0 Å². The zero-order valence-corrected chi connectivity index (χ0v) is 10.8. The molecule has 2 nitrogen and oxygen atoms in total. The highest BCUT2D eigenvalue weighted by atomic mass is 19.4. The first-order valence-corrected chi connectivity index (χ1v) is 6.62. The van der Waals surface area contributed by atoms with Gasteiger partial charge in [0.25, 0.3) is 0 Å². The molecule has 1 aliphatic heterocycles. The Balaban J connectivity index is 1.74. The number of nitrogens with zero attached hydrogens (tertiary/aromatic N) is 1. The maximum absolute atomic E-state index is 12.6. The summed E-state index contributed by atoms with van der Waals surface area (Å²) in [6.07, 6.45) is -2.69. The lowest BCUT2D eigenvalue weighted by atomic mass is 9.98. The molecule has 1 saturated heterocycles. The number of benzene rings is 1. The lowest BCUT2D eigenvalue weighted by molar-refractivity contribution is -0.253. The molecule has 1 atom stereocenters. The van der Waals surface area contributed by atoms with E-state index in [1.807, 2.05) is 30.3 Å². The monoisotopic (exact) mass is 272 g/mol. The fourth-order valence-corrected chi connectivity index (χ4v) is 2.48. The summed E-state index contributed by atoms with van der Waals surface area (Å²) in [4.78, 5) is 0.630. The van der Waals surface area contributed by atoms with Crippen molar-refractivity contribution >= 4 is 0 Å². The first-order chi connectivity index (χ1) is 9.05. The van der Waals surface area contributed by atoms with Gasteiger partial charge < -0.3 is 5.32 Å². The van der Waals surface area contributed by atoms with Gasteiger partial charge >= 0.3 is 6.30 Å². The van der Waals surface area contributed by atoms with Crippen LogP contribution in [0.3, 0.4) is 0 Å². The molecule has 5 heteroatoms. The van der Waals surface area contributed by atoms with Crippen molar-refractivity contribution in [1.82, 2.24) is 10.2 Å². The summed E-state index contributed by atoms with van der Waals surface area (Å²) in [7, 11) is 0. The number of nitrogens with one attached hydrogen (secondary N) is 1. The molecule has 0 amide bonds. The maximum Gasteiger partial charge on any atom is 0.459 e. The summed E-state index contributed by atoms with van der Waals surface area (Å²) in [6.45, 7) is 1.61. The lowest BCUT2D eigenvalue weighted by Crippen LogP contribution is -2.46. The summed E-state index contributed by atoms with van der Waals surface area (Å²) in [6, 6.07) is 9.89. The molecule has 19 heavy (non-hydrogen) atoms. The minimum Gasteiger partial charge on any atom is -0.312 e. The summed E-state index contributed by atoms with van der Waals surface area (Å²) in [5.41, 5.74) is 1.16. The number of alkyl halides is 3. The first kappa shape index (κ1) is 14.3. The number of rotatable bonds is 4. The largest absolute Gasteiger partial charge is 0.459 e. The van der Waals surface area contributed by atoms with Crippen molar-refractivity contribution in [2.45, 2.75) is 25.7 Å². The van der Waals surface area contributed by atoms with E-state index in [1.165, 1.54) is 0 Å². The zero-order chi connectivity index (χ0) is 13.7. The smallest absolute Gasteiger partial charge is 0.312 e. The average Bonchev–Trinajstić information content (AvgIpc) is 2.39. The van der Waals surface area contributed by atoms with E-state index in [-0.39, 0.29) is 19.0 Å². The van der Waals surface area contributed by atoms with Gasteiger partial charge in [0, 0.05) is 19.6 Å². The van der Waals surface area contributed by atoms with E-state index < -0.39 is 6.30 Å². The van der Waals surface area contributed by atoms with E-state index in [0.29, 0.717) is 24.4 Å². The molecule has 1 fully saturated rings. The quantitative estimate of drug-likeness (QED) is 0.848. The predicted octanol–water partition coefficient (Wildman–Crippen LogP) is 3.01. The molecule has 106 valence electrons. The van der Waals surface area contributed by atoms with E-state index in [0.717, 1.165) is 12.0 Å². The van der Waals surface area contributed by atoms with Gasteiger partial charge in [-0.3, -0.25) is 0 Å². The Morgan fingerprint density at radius 2 is 1.95 bits per heavy atom. The normalized spacial score (nSPS) is 21.5. The first-order valence-electron chi connectivity index (χ1n) is 6.62. The van der Waals surface area contributed by atoms with E-state index in [1.54, 1.807) is 0 Å². The van der Waals surface area contributed by atoms with Crippen LogP contribution in [-0.2, 0) is 6.54 Å². The second-order valence-corrected chi connectivity index (χ2v) is 5.04. The molecule has 0 radical (unpaired) electrons. The predicted molar refractivity (Wildman–Crippen MR) is 68.5 cm³/mol. The molecule has 0 unspecified atom stereocenters. The van der Waals surface area contributed by atoms with E-state index in [2.05, 4.69) is 5.32 Å². The van der Waals surface area contributed by atoms with Crippen molar-refractivity contribution in [3.8, 4) is 0 Å². The highest BCUT2D eigenvalue weighted by Gasteiger charge is 2.39. The summed E-state index contributed by atoms with van der Waals surface area (Å²) < 4.78 is 37.8. The number of hydrogen-bond acceptors (Lipinski definition) is 2. The summed E-state index contributed by atoms with van der Waals surface area (Å²) >= 11 is 0. The Kier molecular flexibility index (Phi) is 4.82. The van der Waals surface area contributed by atoms with Crippen LogP contribution in [0.4, 0.5) is 13.2 Å². The van der Waals surface area contributed by atoms with Gasteiger partial charge in [0.15, 0.2) is 0 Å². The van der Waals surface area contributed by atoms with Crippen LogP contribution >= 0.6 is 0 Å². The van der Waals surface area contributed by atoms with Gasteiger partial charge in [0.05, 0.1) is 0 Å². The van der Waals surface area contributed by atoms with E-state index in [9.17, 15) is 13.2 Å². The van der Waals surface area contributed by atoms with Crippen LogP contribution in [0.1, 0.15) is 18.4 Å². The van der Waals surface area contributed by atoms with Crippen molar-refractivity contribution < 1.29 is 13.2 Å². The molecule has 1 N–H and O–H groups in total. The highest BCUT2D eigenvalue weighted by Crippen LogP contribution is 2.27. The van der Waals surface area contributed by atoms with Gasteiger partial charge in [-0.2, -0.15) is 13.2 Å². The van der Waals surface area contributed by atoms with Crippen LogP contribution < -0.4 is 5.32 Å². The van der Waals surface area contributed by atoms with Gasteiger partial charge in [-0.05, 0) is 30.9 Å². The number of likely N-dealkylation sites (tertiary alicyclic amines) is 1. The molecular weight excluding hydrogens is 253 g/mol. The minimum absolute atomic E-state index is 0.0825. The van der Waals surface area contributed by atoms with Crippen LogP contribution in [0.15, 0.2) is 30.3 Å². The van der Waals surface area contributed by atoms with Gasteiger partial charge in [-0.1, -0.05) is 30.3 Å². The fraction of sp³-hybridized carbons (Fsp3) is 0.571. The highest BCUT2D eigenvalue weighted by molar-refractivity contribution is 5.14. The van der Waals surface area contributed by atoms with Crippen LogP contribution in [0.25, 0.3) is 0 Å². The van der Waals surface area contributed by atoms with Crippen molar-refractivity contribution in [2.24, 2.45) is 5.92 Å². The third kappa shape index (κ3) is 4.51. The van der Waals surface area contributed by atoms with Crippen LogP contribution in [-0.4, -0.2) is 30.8 Å². The summed E-state index contributed by atoms with van der Waals surface area (Å²) in [5, 5.41) is 3.25. The van der Waals surface area contributed by atoms with Crippen molar-refractivity contribution in [3.63, 3.8) is 0 Å². The van der Waals surface area contributed by atoms with Crippen molar-refractivity contribution in [3.05, 3.63) is 35.9 Å². The maximum atomic E-state index is 12.6. The third-order valence-corrected chi connectivity index (χ3v) is 3.48. The van der Waals surface area contributed by atoms with E-state index >= 15 is 0 Å². The Morgan fingerprint density at radius 1 is 1.21 bits per heavy atom. The molecule has 2 rings (SSSR count). The zero-order valence-electron chi connectivity index (χ0n) is 10.8. The van der Waals surface area contributed by atoms with Gasteiger partial charge in [-0.15, -0.1) is 0 Å². The number of piperidine rings is 1. The lowest BCUT2D eigenvalue weighted by Gasteiger charge is -2.33. The molecule has 1 aliphatic rings. The average molecular weight is 272 g/mol. The Labute approximate surface area is 111 Å². The molecule has 1 heterocycles. The van der Waals surface area contributed by atoms with Crippen molar-refractivity contribution in [2.75, 3.05) is 19.6 Å². The molecule has 0 aliphatic carbocycles. The SMILES string of the molecule is FC(F)(F)N1CCC[C@H](CNCc2ccccc2)C1. The summed E-state index contributed by atoms with van der Waals surface area (Å²) in [5.74, 6) is 0.0825. The number of halogens is 3. The molecule has 0 bridgehead atoms. The topological polar surface area (TPSA) is 15.3 Å². The molecule has 1 aromatic rings. The van der Waals surface area contributed by atoms with Crippen LogP contribution in [0.2, 0.25) is 0 Å². The van der Waals surface area contributed by atoms with Crippen LogP contribution in [0.5, 0.6) is 0 Å². The minimum atomic E-state index is -4.18. The Morgan fingerprint density at radius 3 is 2.63 bits per heavy atom. The van der Waals surface area contributed by atoms with Gasteiger partial charge in [-0.25, -0.2) is 4.90 Å². The Hall–Kier alpha value is -1.07.